The number of carbonyl (C=O) groups is 2. The summed E-state index contributed by atoms with van der Waals surface area (Å²) in [5.74, 6) is -3.54. The third-order valence-electron chi connectivity index (χ3n) is 6.66. The Hall–Kier alpha value is -3.04. The Morgan fingerprint density at radius 1 is 0.971 bits per heavy atom. The van der Waals surface area contributed by atoms with Crippen molar-refractivity contribution in [3.63, 3.8) is 0 Å². The SMILES string of the molecule is CN1CCN([C@@H](CNC(=O)C(=O)Nc2ccc(F)cc2F)c2ccc3c(c2)CCCN3C)CC1. The number of nitrogens with one attached hydrogen (secondary N) is 2. The number of rotatable bonds is 5. The fourth-order valence-corrected chi connectivity index (χ4v) is 4.64. The van der Waals surface area contributed by atoms with Crippen LogP contribution in [0.4, 0.5) is 20.2 Å². The molecule has 2 aromatic carbocycles. The minimum absolute atomic E-state index is 0.0921. The van der Waals surface area contributed by atoms with Gasteiger partial charge in [-0.2, -0.15) is 0 Å². The smallest absolute Gasteiger partial charge is 0.313 e. The van der Waals surface area contributed by atoms with Crippen molar-refractivity contribution >= 4 is 23.2 Å². The van der Waals surface area contributed by atoms with Crippen LogP contribution in [-0.2, 0) is 16.0 Å². The van der Waals surface area contributed by atoms with Crippen molar-refractivity contribution in [1.29, 1.82) is 0 Å². The zero-order valence-corrected chi connectivity index (χ0v) is 19.6. The van der Waals surface area contributed by atoms with Crippen LogP contribution in [0.3, 0.4) is 0 Å². The molecule has 7 nitrogen and oxygen atoms in total. The minimum atomic E-state index is -0.991. The molecular weight excluding hydrogens is 440 g/mol. The lowest BCUT2D eigenvalue weighted by Gasteiger charge is -2.39. The Balaban J connectivity index is 1.47. The first kappa shape index (κ1) is 24.1. The minimum Gasteiger partial charge on any atom is -0.374 e. The average Bonchev–Trinajstić information content (AvgIpc) is 2.82. The van der Waals surface area contributed by atoms with E-state index in [9.17, 15) is 18.4 Å². The number of hydrogen-bond acceptors (Lipinski definition) is 5. The lowest BCUT2D eigenvalue weighted by atomic mass is 9.95. The maximum atomic E-state index is 13.8. The van der Waals surface area contributed by atoms with Crippen molar-refractivity contribution in [3.05, 3.63) is 59.2 Å². The predicted molar refractivity (Wildman–Crippen MR) is 128 cm³/mol. The number of benzene rings is 2. The number of halogens is 2. The van der Waals surface area contributed by atoms with E-state index in [0.29, 0.717) is 6.07 Å². The molecule has 0 saturated carbocycles. The third-order valence-corrected chi connectivity index (χ3v) is 6.66. The predicted octanol–water partition coefficient (Wildman–Crippen LogP) is 2.39. The summed E-state index contributed by atoms with van der Waals surface area (Å²) < 4.78 is 26.9. The quantitative estimate of drug-likeness (QED) is 0.656. The number of hydrogen-bond donors (Lipinski definition) is 2. The number of likely N-dealkylation sites (N-methyl/N-ethyl adjacent to an activating group) is 1. The summed E-state index contributed by atoms with van der Waals surface area (Å²) in [4.78, 5) is 31.7. The molecule has 1 fully saturated rings. The molecule has 2 amide bonds. The van der Waals surface area contributed by atoms with Gasteiger partial charge in [0.2, 0.25) is 0 Å². The second-order valence-corrected chi connectivity index (χ2v) is 9.06. The number of carbonyl (C=O) groups excluding carboxylic acids is 2. The summed E-state index contributed by atoms with van der Waals surface area (Å²) in [6.45, 7) is 4.82. The number of aryl methyl sites for hydroxylation is 1. The molecule has 2 aliphatic rings. The summed E-state index contributed by atoms with van der Waals surface area (Å²) in [7, 11) is 4.18. The molecule has 0 radical (unpaired) electrons. The molecule has 4 rings (SSSR count). The van der Waals surface area contributed by atoms with Gasteiger partial charge in [-0.05, 0) is 49.2 Å². The van der Waals surface area contributed by atoms with Crippen molar-refractivity contribution in [3.8, 4) is 0 Å². The first-order chi connectivity index (χ1) is 16.3. The van der Waals surface area contributed by atoms with Crippen LogP contribution in [-0.4, -0.2) is 75.0 Å². The van der Waals surface area contributed by atoms with Gasteiger partial charge in [-0.25, -0.2) is 8.78 Å². The largest absolute Gasteiger partial charge is 0.374 e. The van der Waals surface area contributed by atoms with Gasteiger partial charge in [0, 0.05) is 58.1 Å². The Morgan fingerprint density at radius 2 is 1.74 bits per heavy atom. The van der Waals surface area contributed by atoms with Gasteiger partial charge in [0.15, 0.2) is 0 Å². The second-order valence-electron chi connectivity index (χ2n) is 9.06. The summed E-state index contributed by atoms with van der Waals surface area (Å²) in [5.41, 5.74) is 3.39. The zero-order valence-electron chi connectivity index (χ0n) is 19.6. The summed E-state index contributed by atoms with van der Waals surface area (Å²) >= 11 is 0. The molecule has 0 aromatic heterocycles. The molecule has 2 aromatic rings. The van der Waals surface area contributed by atoms with Crippen molar-refractivity contribution in [2.45, 2.75) is 18.9 Å². The Labute approximate surface area is 198 Å². The number of piperazine rings is 1. The lowest BCUT2D eigenvalue weighted by molar-refractivity contribution is -0.136. The zero-order chi connectivity index (χ0) is 24.2. The van der Waals surface area contributed by atoms with Gasteiger partial charge >= 0.3 is 11.8 Å². The maximum absolute atomic E-state index is 13.8. The summed E-state index contributed by atoms with van der Waals surface area (Å²) in [6, 6.07) is 9.13. The average molecular weight is 472 g/mol. The molecule has 2 N–H and O–H groups in total. The van der Waals surface area contributed by atoms with Crippen molar-refractivity contribution in [1.82, 2.24) is 15.1 Å². The second kappa shape index (κ2) is 10.5. The molecule has 2 aliphatic heterocycles. The monoisotopic (exact) mass is 471 g/mol. The van der Waals surface area contributed by atoms with E-state index < -0.39 is 23.4 Å². The van der Waals surface area contributed by atoms with Gasteiger partial charge in [-0.1, -0.05) is 12.1 Å². The Bertz CT molecular complexity index is 1060. The van der Waals surface area contributed by atoms with Crippen LogP contribution in [0, 0.1) is 11.6 Å². The van der Waals surface area contributed by atoms with E-state index in [1.807, 2.05) is 0 Å². The summed E-state index contributed by atoms with van der Waals surface area (Å²) in [5, 5.41) is 4.93. The first-order valence-electron chi connectivity index (χ1n) is 11.6. The molecule has 0 unspecified atom stereocenters. The van der Waals surface area contributed by atoms with Gasteiger partial charge in [-0.15, -0.1) is 0 Å². The third kappa shape index (κ3) is 5.53. The van der Waals surface area contributed by atoms with Crippen LogP contribution in [0.1, 0.15) is 23.6 Å². The molecule has 2 heterocycles. The van der Waals surface area contributed by atoms with E-state index in [1.165, 1.54) is 11.3 Å². The number of amides is 2. The van der Waals surface area contributed by atoms with Gasteiger partial charge in [0.25, 0.3) is 0 Å². The molecule has 34 heavy (non-hydrogen) atoms. The van der Waals surface area contributed by atoms with Crippen molar-refractivity contribution in [2.24, 2.45) is 0 Å². The van der Waals surface area contributed by atoms with Crippen LogP contribution >= 0.6 is 0 Å². The highest BCUT2D eigenvalue weighted by Gasteiger charge is 2.27. The van der Waals surface area contributed by atoms with Gasteiger partial charge in [-0.3, -0.25) is 14.5 Å². The van der Waals surface area contributed by atoms with Crippen LogP contribution < -0.4 is 15.5 Å². The summed E-state index contributed by atoms with van der Waals surface area (Å²) in [6.07, 6.45) is 2.12. The molecule has 1 saturated heterocycles. The highest BCUT2D eigenvalue weighted by Crippen LogP contribution is 2.31. The maximum Gasteiger partial charge on any atom is 0.313 e. The van der Waals surface area contributed by atoms with Crippen LogP contribution in [0.2, 0.25) is 0 Å². The van der Waals surface area contributed by atoms with E-state index in [-0.39, 0.29) is 18.3 Å². The topological polar surface area (TPSA) is 67.9 Å². The fourth-order valence-electron chi connectivity index (χ4n) is 4.64. The number of nitrogens with zero attached hydrogens (tertiary/aromatic N) is 3. The first-order valence-corrected chi connectivity index (χ1v) is 11.6. The fraction of sp³-hybridized carbons (Fsp3) is 0.440. The highest BCUT2D eigenvalue weighted by molar-refractivity contribution is 6.39. The van der Waals surface area contributed by atoms with Crippen LogP contribution in [0.25, 0.3) is 0 Å². The standard InChI is InChI=1S/C25H31F2N5O2/c1-30-10-12-32(13-11-30)23(18-5-8-22-17(14-18)4-3-9-31(22)2)16-28-24(33)25(34)29-21-7-6-19(26)15-20(21)27/h5-8,14-15,23H,3-4,9-13,16H2,1-2H3,(H,28,33)(H,29,34)/t23-/m0/s1. The molecule has 182 valence electrons. The van der Waals surface area contributed by atoms with E-state index >= 15 is 0 Å². The Morgan fingerprint density at radius 3 is 2.47 bits per heavy atom. The number of fused-ring (bicyclic) bond motifs is 1. The molecule has 0 spiro atoms. The van der Waals surface area contributed by atoms with E-state index in [2.05, 4.69) is 57.6 Å². The lowest BCUT2D eigenvalue weighted by Crippen LogP contribution is -2.49. The van der Waals surface area contributed by atoms with Gasteiger partial charge in [0.05, 0.1) is 11.7 Å². The molecule has 0 bridgehead atoms. The van der Waals surface area contributed by atoms with Gasteiger partial charge in [0.1, 0.15) is 11.6 Å². The normalized spacial score (nSPS) is 17.7. The van der Waals surface area contributed by atoms with E-state index in [1.54, 1.807) is 0 Å². The van der Waals surface area contributed by atoms with Gasteiger partial charge < -0.3 is 20.4 Å². The van der Waals surface area contributed by atoms with E-state index in [4.69, 9.17) is 0 Å². The molecule has 1 atom stereocenters. The van der Waals surface area contributed by atoms with Crippen LogP contribution in [0.5, 0.6) is 0 Å². The number of anilines is 2. The van der Waals surface area contributed by atoms with Crippen LogP contribution in [0.15, 0.2) is 36.4 Å². The van der Waals surface area contributed by atoms with Crippen molar-refractivity contribution in [2.75, 3.05) is 63.6 Å². The highest BCUT2D eigenvalue weighted by atomic mass is 19.1. The molecule has 0 aliphatic carbocycles. The molecular formula is C25H31F2N5O2. The van der Waals surface area contributed by atoms with Crippen molar-refractivity contribution < 1.29 is 18.4 Å². The van der Waals surface area contributed by atoms with E-state index in [0.717, 1.165) is 63.3 Å². The molecule has 9 heteroatoms. The Kier molecular flexibility index (Phi) is 7.43.